The summed E-state index contributed by atoms with van der Waals surface area (Å²) >= 11 is 0. The molecule has 2 aromatic rings. The quantitative estimate of drug-likeness (QED) is 0.470. The first-order chi connectivity index (χ1) is 14.0. The molecule has 156 valence electrons. The average molecular weight is 404 g/mol. The largest absolute Gasteiger partial charge is 0.494 e. The maximum atomic E-state index is 13.4. The van der Waals surface area contributed by atoms with Crippen LogP contribution in [0.1, 0.15) is 26.7 Å². The van der Waals surface area contributed by atoms with Crippen molar-refractivity contribution in [1.82, 2.24) is 10.9 Å². The average Bonchev–Trinajstić information content (AvgIpc) is 2.72. The lowest BCUT2D eigenvalue weighted by atomic mass is 10.3. The van der Waals surface area contributed by atoms with Gasteiger partial charge in [-0.25, -0.2) is 4.39 Å². The van der Waals surface area contributed by atoms with Gasteiger partial charge in [0.15, 0.2) is 17.7 Å². The maximum absolute atomic E-state index is 13.4. The van der Waals surface area contributed by atoms with E-state index in [4.69, 9.17) is 14.2 Å². The summed E-state index contributed by atoms with van der Waals surface area (Å²) < 4.78 is 29.5. The topological polar surface area (TPSA) is 85.9 Å². The summed E-state index contributed by atoms with van der Waals surface area (Å²) in [6.07, 6.45) is -0.324. The summed E-state index contributed by atoms with van der Waals surface area (Å²) in [4.78, 5) is 23.8. The number of hydrogen-bond donors (Lipinski definition) is 2. The van der Waals surface area contributed by atoms with E-state index in [1.807, 2.05) is 6.92 Å². The van der Waals surface area contributed by atoms with E-state index in [1.165, 1.54) is 12.1 Å². The maximum Gasteiger partial charge on any atom is 0.279 e. The third kappa shape index (κ3) is 7.69. The summed E-state index contributed by atoms with van der Waals surface area (Å²) in [6, 6.07) is 12.9. The van der Waals surface area contributed by atoms with Crippen LogP contribution in [0.3, 0.4) is 0 Å². The van der Waals surface area contributed by atoms with Crippen molar-refractivity contribution in [2.24, 2.45) is 0 Å². The third-order valence-corrected chi connectivity index (χ3v) is 3.78. The molecule has 2 N–H and O–H groups in total. The molecule has 0 aliphatic rings. The zero-order valence-corrected chi connectivity index (χ0v) is 16.4. The standard InChI is InChI=1S/C21H25FN2O5/c1-3-27-16-10-12-17(13-11-16)29-15(2)21(26)24-23-20(25)9-6-14-28-19-8-5-4-7-18(19)22/h4-5,7-8,10-13,15H,3,6,9,14H2,1-2H3,(H,23,25)(H,24,26). The van der Waals surface area contributed by atoms with Crippen molar-refractivity contribution < 1.29 is 28.2 Å². The lowest BCUT2D eigenvalue weighted by molar-refractivity contribution is -0.132. The van der Waals surface area contributed by atoms with E-state index in [0.29, 0.717) is 24.5 Å². The minimum absolute atomic E-state index is 0.114. The van der Waals surface area contributed by atoms with Gasteiger partial charge in [0.2, 0.25) is 5.91 Å². The lowest BCUT2D eigenvalue weighted by Gasteiger charge is -2.15. The van der Waals surface area contributed by atoms with Crippen LogP contribution in [0.15, 0.2) is 48.5 Å². The fourth-order valence-electron chi connectivity index (χ4n) is 2.31. The molecule has 0 bridgehead atoms. The number of nitrogens with one attached hydrogen (secondary N) is 2. The van der Waals surface area contributed by atoms with Crippen molar-refractivity contribution in [3.63, 3.8) is 0 Å². The molecule has 0 saturated carbocycles. The normalized spacial score (nSPS) is 11.3. The molecule has 0 heterocycles. The van der Waals surface area contributed by atoms with Crippen LogP contribution < -0.4 is 25.1 Å². The number of hydrazine groups is 1. The first-order valence-corrected chi connectivity index (χ1v) is 9.35. The number of halogens is 1. The zero-order chi connectivity index (χ0) is 21.1. The van der Waals surface area contributed by atoms with Gasteiger partial charge in [0.1, 0.15) is 11.5 Å². The Hall–Kier alpha value is -3.29. The molecule has 2 aromatic carbocycles. The number of hydrogen-bond acceptors (Lipinski definition) is 5. The highest BCUT2D eigenvalue weighted by molar-refractivity contribution is 5.84. The minimum Gasteiger partial charge on any atom is -0.494 e. The van der Waals surface area contributed by atoms with Crippen molar-refractivity contribution in [3.05, 3.63) is 54.3 Å². The van der Waals surface area contributed by atoms with Crippen LogP contribution in [0.25, 0.3) is 0 Å². The number of benzene rings is 2. The monoisotopic (exact) mass is 404 g/mol. The van der Waals surface area contributed by atoms with E-state index in [9.17, 15) is 14.0 Å². The predicted molar refractivity (Wildman–Crippen MR) is 105 cm³/mol. The summed E-state index contributed by atoms with van der Waals surface area (Å²) in [7, 11) is 0. The molecule has 2 amide bonds. The highest BCUT2D eigenvalue weighted by Gasteiger charge is 2.15. The van der Waals surface area contributed by atoms with E-state index in [0.717, 1.165) is 0 Å². The van der Waals surface area contributed by atoms with Crippen molar-refractivity contribution in [3.8, 4) is 17.2 Å². The highest BCUT2D eigenvalue weighted by Crippen LogP contribution is 2.18. The van der Waals surface area contributed by atoms with Gasteiger partial charge in [-0.15, -0.1) is 0 Å². The van der Waals surface area contributed by atoms with E-state index < -0.39 is 17.8 Å². The second-order valence-electron chi connectivity index (χ2n) is 6.08. The summed E-state index contributed by atoms with van der Waals surface area (Å²) in [5.74, 6) is 0.0294. The van der Waals surface area contributed by atoms with E-state index in [1.54, 1.807) is 43.3 Å². The Labute approximate surface area is 169 Å². The number of carbonyl (C=O) groups is 2. The molecule has 0 aliphatic carbocycles. The summed E-state index contributed by atoms with van der Waals surface area (Å²) in [6.45, 7) is 4.20. The van der Waals surface area contributed by atoms with Crippen LogP contribution in [0.2, 0.25) is 0 Å². The Balaban J connectivity index is 1.64. The molecule has 0 fully saturated rings. The van der Waals surface area contributed by atoms with Crippen LogP contribution in [0.5, 0.6) is 17.2 Å². The second-order valence-corrected chi connectivity index (χ2v) is 6.08. The Morgan fingerprint density at radius 2 is 1.69 bits per heavy atom. The number of amides is 2. The molecule has 0 aliphatic heterocycles. The molecule has 0 saturated heterocycles. The van der Waals surface area contributed by atoms with Crippen molar-refractivity contribution in [2.45, 2.75) is 32.8 Å². The molecule has 7 nitrogen and oxygen atoms in total. The van der Waals surface area contributed by atoms with E-state index in [2.05, 4.69) is 10.9 Å². The smallest absolute Gasteiger partial charge is 0.279 e. The van der Waals surface area contributed by atoms with Gasteiger partial charge in [-0.2, -0.15) is 0 Å². The summed E-state index contributed by atoms with van der Waals surface area (Å²) in [5, 5.41) is 0. The SMILES string of the molecule is CCOc1ccc(OC(C)C(=O)NNC(=O)CCCOc2ccccc2F)cc1. The fraction of sp³-hybridized carbons (Fsp3) is 0.333. The van der Waals surface area contributed by atoms with Crippen molar-refractivity contribution >= 4 is 11.8 Å². The molecule has 0 aromatic heterocycles. The molecule has 0 radical (unpaired) electrons. The Bertz CT molecular complexity index is 798. The number of para-hydroxylation sites is 1. The van der Waals surface area contributed by atoms with Gasteiger partial charge in [0.05, 0.1) is 13.2 Å². The number of rotatable bonds is 10. The molecule has 1 atom stereocenters. The van der Waals surface area contributed by atoms with Gasteiger partial charge in [0, 0.05) is 6.42 Å². The first-order valence-electron chi connectivity index (χ1n) is 9.35. The Morgan fingerprint density at radius 1 is 1.00 bits per heavy atom. The van der Waals surface area contributed by atoms with Gasteiger partial charge in [-0.3, -0.25) is 20.4 Å². The summed E-state index contributed by atoms with van der Waals surface area (Å²) in [5.41, 5.74) is 4.63. The number of carbonyl (C=O) groups excluding carboxylic acids is 2. The first kappa shape index (κ1) is 22.0. The van der Waals surface area contributed by atoms with Crippen LogP contribution >= 0.6 is 0 Å². The second kappa shape index (κ2) is 11.5. The van der Waals surface area contributed by atoms with Crippen molar-refractivity contribution in [2.75, 3.05) is 13.2 Å². The minimum atomic E-state index is -0.808. The molecular formula is C21H25FN2O5. The lowest BCUT2D eigenvalue weighted by Crippen LogP contribution is -2.47. The van der Waals surface area contributed by atoms with Crippen LogP contribution in [0.4, 0.5) is 4.39 Å². The van der Waals surface area contributed by atoms with Gasteiger partial charge >= 0.3 is 0 Å². The zero-order valence-electron chi connectivity index (χ0n) is 16.4. The molecule has 29 heavy (non-hydrogen) atoms. The van der Waals surface area contributed by atoms with E-state index in [-0.39, 0.29) is 24.7 Å². The molecule has 2 rings (SSSR count). The van der Waals surface area contributed by atoms with Crippen LogP contribution in [-0.4, -0.2) is 31.1 Å². The Morgan fingerprint density at radius 3 is 2.38 bits per heavy atom. The molecular weight excluding hydrogens is 379 g/mol. The van der Waals surface area contributed by atoms with Gasteiger partial charge < -0.3 is 14.2 Å². The highest BCUT2D eigenvalue weighted by atomic mass is 19.1. The number of ether oxygens (including phenoxy) is 3. The van der Waals surface area contributed by atoms with Gasteiger partial charge in [-0.1, -0.05) is 12.1 Å². The van der Waals surface area contributed by atoms with Crippen LogP contribution in [-0.2, 0) is 9.59 Å². The molecule has 1 unspecified atom stereocenters. The fourth-order valence-corrected chi connectivity index (χ4v) is 2.31. The van der Waals surface area contributed by atoms with Gasteiger partial charge in [0.25, 0.3) is 5.91 Å². The van der Waals surface area contributed by atoms with E-state index >= 15 is 0 Å². The third-order valence-electron chi connectivity index (χ3n) is 3.78. The molecule has 8 heteroatoms. The van der Waals surface area contributed by atoms with Gasteiger partial charge in [-0.05, 0) is 56.7 Å². The Kier molecular flexibility index (Phi) is 8.75. The predicted octanol–water partition coefficient (Wildman–Crippen LogP) is 3.00. The van der Waals surface area contributed by atoms with Crippen molar-refractivity contribution in [1.29, 1.82) is 0 Å². The molecule has 0 spiro atoms. The van der Waals surface area contributed by atoms with Crippen LogP contribution in [0, 0.1) is 5.82 Å².